The van der Waals surface area contributed by atoms with Crippen molar-refractivity contribution in [3.8, 4) is 39.5 Å². The molecule has 4 aromatic rings. The molecule has 0 spiro atoms. The molecule has 0 amide bonds. The van der Waals surface area contributed by atoms with Crippen LogP contribution in [0.2, 0.25) is 0 Å². The number of hydrogen-bond acceptors (Lipinski definition) is 3. The number of rotatable bonds is 5. The monoisotopic (exact) mass is 460 g/mol. The van der Waals surface area contributed by atoms with Gasteiger partial charge in [-0.25, -0.2) is 0 Å². The van der Waals surface area contributed by atoms with Crippen LogP contribution in [0.15, 0.2) is 66.7 Å². The zero-order chi connectivity index (χ0) is 20.7. The van der Waals surface area contributed by atoms with E-state index in [1.807, 2.05) is 36.4 Å². The smallest absolute Gasteiger partial charge is 0.119 e. The third-order valence-corrected chi connectivity index (χ3v) is 6.21. The van der Waals surface area contributed by atoms with Crippen molar-refractivity contribution >= 4 is 26.7 Å². The fourth-order valence-electron chi connectivity index (χ4n) is 4.35. The standard InChI is InChI=1S/C26H21BrO3/c27-9-2-10-30-21-4-1-3-17(12-21)26-23-15-20(29)6-5-16(23)13-24-22-8-7-19(28)11-18(22)14-25(24)26/h1,3-8,11-13,15,28-29H,2,9-10,14H2. The average Bonchev–Trinajstić information content (AvgIpc) is 3.09. The molecular weight excluding hydrogens is 440 g/mol. The van der Waals surface area contributed by atoms with Crippen molar-refractivity contribution in [3.63, 3.8) is 0 Å². The summed E-state index contributed by atoms with van der Waals surface area (Å²) in [5.41, 5.74) is 6.85. The molecular formula is C26H21BrO3. The number of halogens is 1. The molecule has 1 aliphatic carbocycles. The summed E-state index contributed by atoms with van der Waals surface area (Å²) in [6, 6.07) is 21.5. The Morgan fingerprint density at radius 3 is 2.57 bits per heavy atom. The number of alkyl halides is 1. The Morgan fingerprint density at radius 1 is 0.867 bits per heavy atom. The largest absolute Gasteiger partial charge is 0.508 e. The second-order valence-corrected chi connectivity index (χ2v) is 8.41. The van der Waals surface area contributed by atoms with Gasteiger partial charge in [-0.15, -0.1) is 0 Å². The highest BCUT2D eigenvalue weighted by atomic mass is 79.9. The van der Waals surface area contributed by atoms with Crippen molar-refractivity contribution in [2.24, 2.45) is 0 Å². The van der Waals surface area contributed by atoms with Crippen LogP contribution in [0.5, 0.6) is 17.2 Å². The third-order valence-electron chi connectivity index (χ3n) is 5.65. The predicted octanol–water partition coefficient (Wildman–Crippen LogP) is 6.65. The van der Waals surface area contributed by atoms with Gasteiger partial charge in [-0.3, -0.25) is 0 Å². The molecule has 0 aromatic heterocycles. The molecule has 0 saturated carbocycles. The molecule has 0 saturated heterocycles. The Hall–Kier alpha value is -2.98. The van der Waals surface area contributed by atoms with E-state index in [0.717, 1.165) is 56.9 Å². The molecule has 3 nitrogen and oxygen atoms in total. The number of ether oxygens (including phenoxy) is 1. The molecule has 4 aromatic carbocycles. The van der Waals surface area contributed by atoms with E-state index in [1.54, 1.807) is 12.1 Å². The van der Waals surface area contributed by atoms with Crippen LogP contribution in [0.25, 0.3) is 33.0 Å². The zero-order valence-electron chi connectivity index (χ0n) is 16.4. The molecule has 0 unspecified atom stereocenters. The van der Waals surface area contributed by atoms with Gasteiger partial charge in [-0.1, -0.05) is 40.2 Å². The fourth-order valence-corrected chi connectivity index (χ4v) is 4.57. The molecule has 30 heavy (non-hydrogen) atoms. The molecule has 1 aliphatic rings. The molecule has 4 heteroatoms. The van der Waals surface area contributed by atoms with E-state index in [1.165, 1.54) is 11.1 Å². The van der Waals surface area contributed by atoms with E-state index in [9.17, 15) is 10.2 Å². The average molecular weight is 461 g/mol. The number of fused-ring (bicyclic) bond motifs is 4. The van der Waals surface area contributed by atoms with E-state index in [2.05, 4.69) is 34.1 Å². The number of phenolic OH excluding ortho intramolecular Hbond substituents is 2. The molecule has 0 aliphatic heterocycles. The quantitative estimate of drug-likeness (QED) is 0.228. The lowest BCUT2D eigenvalue weighted by Crippen LogP contribution is -1.98. The van der Waals surface area contributed by atoms with Crippen LogP contribution >= 0.6 is 15.9 Å². The summed E-state index contributed by atoms with van der Waals surface area (Å²) >= 11 is 3.44. The van der Waals surface area contributed by atoms with Gasteiger partial charge in [0.05, 0.1) is 6.61 Å². The Bertz CT molecular complexity index is 1260. The second-order valence-electron chi connectivity index (χ2n) is 7.62. The van der Waals surface area contributed by atoms with Crippen molar-refractivity contribution in [3.05, 3.63) is 77.9 Å². The van der Waals surface area contributed by atoms with Gasteiger partial charge < -0.3 is 14.9 Å². The first-order chi connectivity index (χ1) is 14.6. The van der Waals surface area contributed by atoms with Crippen LogP contribution in [0, 0.1) is 0 Å². The van der Waals surface area contributed by atoms with E-state index < -0.39 is 0 Å². The highest BCUT2D eigenvalue weighted by Gasteiger charge is 2.24. The SMILES string of the molecule is Oc1ccc2c(c1)Cc1c-2cc2ccc(O)cc2c1-c1cccc(OCCCBr)c1. The van der Waals surface area contributed by atoms with E-state index in [-0.39, 0.29) is 11.5 Å². The maximum atomic E-state index is 10.2. The van der Waals surface area contributed by atoms with Gasteiger partial charge >= 0.3 is 0 Å². The summed E-state index contributed by atoms with van der Waals surface area (Å²) in [5, 5.41) is 23.2. The van der Waals surface area contributed by atoms with Crippen molar-refractivity contribution in [1.29, 1.82) is 0 Å². The molecule has 150 valence electrons. The van der Waals surface area contributed by atoms with Gasteiger partial charge in [-0.05, 0) is 99.5 Å². The van der Waals surface area contributed by atoms with Crippen molar-refractivity contribution in [1.82, 2.24) is 0 Å². The Balaban J connectivity index is 1.72. The maximum absolute atomic E-state index is 10.2. The van der Waals surface area contributed by atoms with Gasteiger partial charge in [0.2, 0.25) is 0 Å². The van der Waals surface area contributed by atoms with Crippen LogP contribution < -0.4 is 4.74 Å². The lowest BCUT2D eigenvalue weighted by molar-refractivity contribution is 0.319. The summed E-state index contributed by atoms with van der Waals surface area (Å²) in [4.78, 5) is 0. The number of benzene rings is 4. The molecule has 0 heterocycles. The first-order valence-corrected chi connectivity index (χ1v) is 11.2. The van der Waals surface area contributed by atoms with E-state index in [4.69, 9.17) is 4.74 Å². The van der Waals surface area contributed by atoms with Crippen LogP contribution in [-0.4, -0.2) is 22.2 Å². The molecule has 5 rings (SSSR count). The molecule has 0 atom stereocenters. The summed E-state index contributed by atoms with van der Waals surface area (Å²) in [5.74, 6) is 1.38. The highest BCUT2D eigenvalue weighted by molar-refractivity contribution is 9.09. The van der Waals surface area contributed by atoms with E-state index >= 15 is 0 Å². The topological polar surface area (TPSA) is 49.7 Å². The van der Waals surface area contributed by atoms with Crippen LogP contribution in [0.4, 0.5) is 0 Å². The predicted molar refractivity (Wildman–Crippen MR) is 125 cm³/mol. The summed E-state index contributed by atoms with van der Waals surface area (Å²) in [6.45, 7) is 0.661. The van der Waals surface area contributed by atoms with Crippen LogP contribution in [0.1, 0.15) is 17.5 Å². The fraction of sp³-hybridized carbons (Fsp3) is 0.154. The van der Waals surface area contributed by atoms with Crippen molar-refractivity contribution in [2.75, 3.05) is 11.9 Å². The molecule has 0 radical (unpaired) electrons. The lowest BCUT2D eigenvalue weighted by atomic mass is 9.89. The van der Waals surface area contributed by atoms with E-state index in [0.29, 0.717) is 6.61 Å². The molecule has 2 N–H and O–H groups in total. The minimum absolute atomic E-state index is 0.251. The second kappa shape index (κ2) is 7.69. The third kappa shape index (κ3) is 3.31. The van der Waals surface area contributed by atoms with Gasteiger partial charge in [-0.2, -0.15) is 0 Å². The Labute approximate surface area is 183 Å². The van der Waals surface area contributed by atoms with Crippen LogP contribution in [0.3, 0.4) is 0 Å². The number of aromatic hydroxyl groups is 2. The first-order valence-electron chi connectivity index (χ1n) is 10.0. The van der Waals surface area contributed by atoms with Crippen LogP contribution in [-0.2, 0) is 6.42 Å². The van der Waals surface area contributed by atoms with Crippen molar-refractivity contribution < 1.29 is 14.9 Å². The zero-order valence-corrected chi connectivity index (χ0v) is 17.9. The van der Waals surface area contributed by atoms with Gasteiger partial charge in [0.15, 0.2) is 0 Å². The Kier molecular flexibility index (Phi) is 4.87. The lowest BCUT2D eigenvalue weighted by Gasteiger charge is -2.15. The van der Waals surface area contributed by atoms with Gasteiger partial charge in [0.25, 0.3) is 0 Å². The minimum atomic E-state index is 0.251. The molecule has 0 bridgehead atoms. The number of hydrogen-bond donors (Lipinski definition) is 2. The normalized spacial score (nSPS) is 12.0. The van der Waals surface area contributed by atoms with Crippen molar-refractivity contribution in [2.45, 2.75) is 12.8 Å². The molecule has 0 fully saturated rings. The highest BCUT2D eigenvalue weighted by Crippen LogP contribution is 2.47. The first kappa shape index (κ1) is 19.0. The number of phenols is 2. The maximum Gasteiger partial charge on any atom is 0.119 e. The summed E-state index contributed by atoms with van der Waals surface area (Å²) < 4.78 is 5.93. The summed E-state index contributed by atoms with van der Waals surface area (Å²) in [7, 11) is 0. The van der Waals surface area contributed by atoms with Gasteiger partial charge in [0.1, 0.15) is 17.2 Å². The van der Waals surface area contributed by atoms with Gasteiger partial charge in [0, 0.05) is 5.33 Å². The summed E-state index contributed by atoms with van der Waals surface area (Å²) in [6.07, 6.45) is 1.69. The Morgan fingerprint density at radius 2 is 1.70 bits per heavy atom. The minimum Gasteiger partial charge on any atom is -0.508 e.